The summed E-state index contributed by atoms with van der Waals surface area (Å²) in [5, 5.41) is 6.50. The van der Waals surface area contributed by atoms with E-state index in [1.165, 1.54) is 24.8 Å². The lowest BCUT2D eigenvalue weighted by atomic mass is 9.53. The lowest BCUT2D eigenvalue weighted by Gasteiger charge is -2.56. The molecular formula is C25H28N4O. The third-order valence-corrected chi connectivity index (χ3v) is 7.48. The van der Waals surface area contributed by atoms with Crippen LogP contribution in [-0.2, 0) is 6.54 Å². The van der Waals surface area contributed by atoms with E-state index in [4.69, 9.17) is 4.98 Å². The summed E-state index contributed by atoms with van der Waals surface area (Å²) >= 11 is 0. The number of aromatic nitrogens is 2. The summed E-state index contributed by atoms with van der Waals surface area (Å²) in [5.41, 5.74) is 3.12. The van der Waals surface area contributed by atoms with Gasteiger partial charge in [-0.3, -0.25) is 5.32 Å². The lowest BCUT2D eigenvalue weighted by Crippen LogP contribution is -2.60. The molecule has 3 aromatic rings. The molecule has 1 heterocycles. The van der Waals surface area contributed by atoms with E-state index in [2.05, 4.69) is 33.4 Å². The summed E-state index contributed by atoms with van der Waals surface area (Å²) in [6, 6.07) is 18.3. The highest BCUT2D eigenvalue weighted by molar-refractivity contribution is 5.91. The van der Waals surface area contributed by atoms with Crippen molar-refractivity contribution in [2.75, 3.05) is 5.32 Å². The average Bonchev–Trinajstić information content (AvgIpc) is 3.04. The van der Waals surface area contributed by atoms with Gasteiger partial charge in [-0.2, -0.15) is 0 Å². The summed E-state index contributed by atoms with van der Waals surface area (Å²) in [6.45, 7) is 0.675. The number of para-hydroxylation sites is 2. The number of amides is 2. The van der Waals surface area contributed by atoms with Crippen molar-refractivity contribution in [1.29, 1.82) is 0 Å². The quantitative estimate of drug-likeness (QED) is 0.634. The second-order valence-corrected chi connectivity index (χ2v) is 9.77. The number of carbonyl (C=O) groups is 1. The number of nitrogens with zero attached hydrogens (tertiary/aromatic N) is 2. The predicted octanol–water partition coefficient (Wildman–Crippen LogP) is 5.17. The van der Waals surface area contributed by atoms with Crippen molar-refractivity contribution in [1.82, 2.24) is 14.9 Å². The molecular weight excluding hydrogens is 372 g/mol. The van der Waals surface area contributed by atoms with Crippen molar-refractivity contribution in [3.63, 3.8) is 0 Å². The molecule has 4 fully saturated rings. The number of hydrogen-bond donors (Lipinski definition) is 2. The monoisotopic (exact) mass is 400 g/mol. The van der Waals surface area contributed by atoms with Gasteiger partial charge in [0.15, 0.2) is 0 Å². The molecule has 0 spiro atoms. The van der Waals surface area contributed by atoms with Gasteiger partial charge in [-0.25, -0.2) is 9.78 Å². The highest BCUT2D eigenvalue weighted by atomic mass is 16.2. The normalized spacial score (nSPS) is 29.3. The number of rotatable bonds is 4. The third kappa shape index (κ3) is 3.17. The Bertz CT molecular complexity index is 1050. The highest BCUT2D eigenvalue weighted by Crippen LogP contribution is 2.55. The molecule has 5 nitrogen and oxygen atoms in total. The van der Waals surface area contributed by atoms with Crippen LogP contribution < -0.4 is 10.6 Å². The van der Waals surface area contributed by atoms with E-state index >= 15 is 0 Å². The molecule has 2 amide bonds. The number of anilines is 1. The first-order valence-corrected chi connectivity index (χ1v) is 11.2. The number of nitrogens with one attached hydrogen (secondary N) is 2. The van der Waals surface area contributed by atoms with Gasteiger partial charge < -0.3 is 9.88 Å². The molecule has 2 N–H and O–H groups in total. The molecule has 5 heteroatoms. The molecule has 4 saturated carbocycles. The smallest absolute Gasteiger partial charge is 0.322 e. The maximum Gasteiger partial charge on any atom is 0.322 e. The van der Waals surface area contributed by atoms with Crippen LogP contribution in [0.1, 0.15) is 44.1 Å². The van der Waals surface area contributed by atoms with Gasteiger partial charge in [-0.05, 0) is 74.0 Å². The minimum Gasteiger partial charge on any atom is -0.332 e. The van der Waals surface area contributed by atoms with E-state index in [0.29, 0.717) is 12.5 Å². The Balaban J connectivity index is 1.26. The van der Waals surface area contributed by atoms with Crippen LogP contribution in [0, 0.1) is 17.8 Å². The number of benzene rings is 2. The number of urea groups is 1. The van der Waals surface area contributed by atoms with E-state index in [0.717, 1.165) is 48.0 Å². The first kappa shape index (κ1) is 18.0. The Hall–Kier alpha value is -2.82. The number of hydrogen-bond acceptors (Lipinski definition) is 2. The minimum atomic E-state index is -0.110. The van der Waals surface area contributed by atoms with Crippen LogP contribution >= 0.6 is 0 Å². The van der Waals surface area contributed by atoms with Crippen molar-refractivity contribution in [3.8, 4) is 0 Å². The van der Waals surface area contributed by atoms with Crippen molar-refractivity contribution in [3.05, 3.63) is 60.2 Å². The lowest BCUT2D eigenvalue weighted by molar-refractivity contribution is -0.0127. The summed E-state index contributed by atoms with van der Waals surface area (Å²) in [7, 11) is 0. The molecule has 1 aromatic heterocycles. The molecule has 2 aromatic carbocycles. The van der Waals surface area contributed by atoms with Gasteiger partial charge in [0, 0.05) is 5.54 Å². The number of fused-ring (bicyclic) bond motifs is 1. The average molecular weight is 401 g/mol. The van der Waals surface area contributed by atoms with Crippen molar-refractivity contribution in [2.24, 2.45) is 17.8 Å². The second-order valence-electron chi connectivity index (χ2n) is 9.77. The van der Waals surface area contributed by atoms with Crippen LogP contribution in [0.4, 0.5) is 10.7 Å². The molecule has 0 unspecified atom stereocenters. The Morgan fingerprint density at radius 2 is 1.57 bits per heavy atom. The minimum absolute atomic E-state index is 0.00485. The molecule has 154 valence electrons. The largest absolute Gasteiger partial charge is 0.332 e. The Morgan fingerprint density at radius 3 is 2.27 bits per heavy atom. The fourth-order valence-corrected chi connectivity index (χ4v) is 6.73. The standard InChI is InChI=1S/C25H28N4O/c30-24(28-25-13-18-10-19(14-25)12-20(11-18)15-25)27-23-26-21-8-4-5-9-22(21)29(23)16-17-6-2-1-3-7-17/h1-9,18-20H,10-16H2,(H2,26,27,28,30). The molecule has 0 radical (unpaired) electrons. The van der Waals surface area contributed by atoms with Crippen LogP contribution in [0.5, 0.6) is 0 Å². The van der Waals surface area contributed by atoms with E-state index in [1.807, 2.05) is 36.4 Å². The number of carbonyl (C=O) groups excluding carboxylic acids is 1. The molecule has 7 rings (SSSR count). The van der Waals surface area contributed by atoms with Crippen molar-refractivity contribution in [2.45, 2.75) is 50.6 Å². The van der Waals surface area contributed by atoms with E-state index in [9.17, 15) is 4.79 Å². The zero-order valence-electron chi connectivity index (χ0n) is 17.2. The SMILES string of the molecule is O=C(Nc1nc2ccccc2n1Cc1ccccc1)NC12CC3CC(CC(C3)C1)C2. The van der Waals surface area contributed by atoms with Crippen LogP contribution in [-0.4, -0.2) is 21.1 Å². The summed E-state index contributed by atoms with van der Waals surface area (Å²) < 4.78 is 2.10. The van der Waals surface area contributed by atoms with Crippen LogP contribution in [0.15, 0.2) is 54.6 Å². The van der Waals surface area contributed by atoms with Crippen LogP contribution in [0.2, 0.25) is 0 Å². The molecule has 0 aliphatic heterocycles. The fraction of sp³-hybridized carbons (Fsp3) is 0.440. The first-order chi connectivity index (χ1) is 14.7. The zero-order valence-corrected chi connectivity index (χ0v) is 17.2. The molecule has 4 aliphatic rings. The fourth-order valence-electron chi connectivity index (χ4n) is 6.73. The predicted molar refractivity (Wildman–Crippen MR) is 118 cm³/mol. The van der Waals surface area contributed by atoms with Crippen molar-refractivity contribution >= 4 is 23.0 Å². The van der Waals surface area contributed by atoms with Gasteiger partial charge in [0.25, 0.3) is 0 Å². The maximum absolute atomic E-state index is 13.1. The van der Waals surface area contributed by atoms with Gasteiger partial charge in [0.2, 0.25) is 5.95 Å². The van der Waals surface area contributed by atoms with E-state index in [-0.39, 0.29) is 11.6 Å². The van der Waals surface area contributed by atoms with Gasteiger partial charge in [0.1, 0.15) is 0 Å². The Morgan fingerprint density at radius 1 is 0.933 bits per heavy atom. The highest BCUT2D eigenvalue weighted by Gasteiger charge is 2.51. The molecule has 4 bridgehead atoms. The summed E-state index contributed by atoms with van der Waals surface area (Å²) in [6.07, 6.45) is 7.55. The molecule has 0 atom stereocenters. The molecule has 30 heavy (non-hydrogen) atoms. The molecule has 0 saturated heterocycles. The van der Waals surface area contributed by atoms with E-state index < -0.39 is 0 Å². The first-order valence-electron chi connectivity index (χ1n) is 11.2. The summed E-state index contributed by atoms with van der Waals surface area (Å²) in [4.78, 5) is 17.8. The van der Waals surface area contributed by atoms with Crippen LogP contribution in [0.3, 0.4) is 0 Å². The van der Waals surface area contributed by atoms with Gasteiger partial charge in [0.05, 0.1) is 17.6 Å². The van der Waals surface area contributed by atoms with Gasteiger partial charge in [-0.15, -0.1) is 0 Å². The van der Waals surface area contributed by atoms with E-state index in [1.54, 1.807) is 0 Å². The van der Waals surface area contributed by atoms with Gasteiger partial charge >= 0.3 is 6.03 Å². The third-order valence-electron chi connectivity index (χ3n) is 7.48. The topological polar surface area (TPSA) is 59.0 Å². The maximum atomic E-state index is 13.1. The van der Waals surface area contributed by atoms with Gasteiger partial charge in [-0.1, -0.05) is 42.5 Å². The summed E-state index contributed by atoms with van der Waals surface area (Å²) in [5.74, 6) is 3.03. The molecule has 4 aliphatic carbocycles. The number of imidazole rings is 1. The zero-order chi connectivity index (χ0) is 20.1. The van der Waals surface area contributed by atoms with Crippen LogP contribution in [0.25, 0.3) is 11.0 Å². The Kier molecular flexibility index (Phi) is 4.12. The van der Waals surface area contributed by atoms with Crippen molar-refractivity contribution < 1.29 is 4.79 Å². The second kappa shape index (κ2) is 6.86. The Labute approximate surface area is 176 Å².